The van der Waals surface area contributed by atoms with Crippen molar-refractivity contribution in [1.29, 1.82) is 0 Å². The molecule has 1 fully saturated rings. The topological polar surface area (TPSA) is 100.0 Å². The fourth-order valence-corrected chi connectivity index (χ4v) is 6.20. The lowest BCUT2D eigenvalue weighted by atomic mass is 10.0. The summed E-state index contributed by atoms with van der Waals surface area (Å²) in [4.78, 5) is 15.3. The van der Waals surface area contributed by atoms with E-state index >= 15 is 0 Å². The first kappa shape index (κ1) is 23.5. The maximum atomic E-state index is 13.2. The maximum Gasteiger partial charge on any atom is 0.359 e. The van der Waals surface area contributed by atoms with Gasteiger partial charge in [-0.3, -0.25) is 4.90 Å². The van der Waals surface area contributed by atoms with Crippen LogP contribution in [0.25, 0.3) is 16.9 Å². The number of ether oxygens (including phenoxy) is 3. The molecule has 0 radical (unpaired) electrons. The Morgan fingerprint density at radius 1 is 1.11 bits per heavy atom. The minimum atomic E-state index is -3.71. The van der Waals surface area contributed by atoms with Crippen LogP contribution in [0.15, 0.2) is 47.4 Å². The third-order valence-corrected chi connectivity index (χ3v) is 7.94. The Morgan fingerprint density at radius 2 is 1.86 bits per heavy atom. The second kappa shape index (κ2) is 9.44. The largest absolute Gasteiger partial charge is 0.496 e. The molecule has 0 spiro atoms. The highest BCUT2D eigenvalue weighted by Gasteiger charge is 2.38. The molecule has 35 heavy (non-hydrogen) atoms. The zero-order valence-corrected chi connectivity index (χ0v) is 20.5. The van der Waals surface area contributed by atoms with Gasteiger partial charge in [0.2, 0.25) is 0 Å². The fourth-order valence-electron chi connectivity index (χ4n) is 4.60. The molecule has 2 aromatic carbocycles. The number of sulfone groups is 1. The van der Waals surface area contributed by atoms with Gasteiger partial charge in [-0.15, -0.1) is 0 Å². The van der Waals surface area contributed by atoms with E-state index in [0.29, 0.717) is 28.3 Å². The summed E-state index contributed by atoms with van der Waals surface area (Å²) < 4.78 is 44.1. The molecule has 184 valence electrons. The van der Waals surface area contributed by atoms with E-state index in [0.717, 1.165) is 38.4 Å². The van der Waals surface area contributed by atoms with Crippen molar-refractivity contribution in [2.45, 2.75) is 24.1 Å². The van der Waals surface area contributed by atoms with Crippen LogP contribution in [0.5, 0.6) is 5.75 Å². The number of hydrogen-bond acceptors (Lipinski definition) is 8. The van der Waals surface area contributed by atoms with E-state index in [1.807, 2.05) is 24.3 Å². The molecule has 0 saturated carbocycles. The van der Waals surface area contributed by atoms with Crippen molar-refractivity contribution >= 4 is 15.8 Å². The van der Waals surface area contributed by atoms with Gasteiger partial charge in [-0.05, 0) is 36.8 Å². The van der Waals surface area contributed by atoms with Gasteiger partial charge in [-0.25, -0.2) is 17.9 Å². The molecule has 5 rings (SSSR count). The van der Waals surface area contributed by atoms with Crippen LogP contribution in [-0.4, -0.2) is 69.1 Å². The SMILES string of the molecule is CCOC(=O)c1nn(-c2ccc(CN3CCOCC3)cc2)c2c1CS(=O)(=O)c1cccc(OC)c1-2. The second-order valence-electron chi connectivity index (χ2n) is 8.46. The zero-order valence-electron chi connectivity index (χ0n) is 19.7. The smallest absolute Gasteiger partial charge is 0.359 e. The lowest BCUT2D eigenvalue weighted by Crippen LogP contribution is -2.35. The van der Waals surface area contributed by atoms with Gasteiger partial charge in [0, 0.05) is 25.2 Å². The molecule has 0 bridgehead atoms. The molecule has 2 aliphatic heterocycles. The van der Waals surface area contributed by atoms with E-state index in [1.54, 1.807) is 29.8 Å². The Balaban J connectivity index is 1.63. The monoisotopic (exact) mass is 497 g/mol. The van der Waals surface area contributed by atoms with Gasteiger partial charge < -0.3 is 14.2 Å². The lowest BCUT2D eigenvalue weighted by Gasteiger charge is -2.26. The first-order valence-electron chi connectivity index (χ1n) is 11.5. The third kappa shape index (κ3) is 4.33. The van der Waals surface area contributed by atoms with Crippen molar-refractivity contribution < 1.29 is 27.4 Å². The van der Waals surface area contributed by atoms with Crippen LogP contribution in [0.2, 0.25) is 0 Å². The summed E-state index contributed by atoms with van der Waals surface area (Å²) >= 11 is 0. The standard InChI is InChI=1S/C25H27N3O6S/c1-3-34-25(29)23-19-16-35(30,31)21-6-4-5-20(32-2)22(21)24(19)28(26-23)18-9-7-17(8-10-18)15-27-11-13-33-14-12-27/h4-10H,3,11-16H2,1-2H3. The number of benzene rings is 2. The van der Waals surface area contributed by atoms with Gasteiger partial charge in [-0.2, -0.15) is 5.10 Å². The molecule has 0 aliphatic carbocycles. The van der Waals surface area contributed by atoms with E-state index in [9.17, 15) is 13.2 Å². The number of methoxy groups -OCH3 is 1. The summed E-state index contributed by atoms with van der Waals surface area (Å²) in [6.07, 6.45) is 0. The van der Waals surface area contributed by atoms with E-state index < -0.39 is 15.8 Å². The molecular formula is C25H27N3O6S. The molecule has 9 nitrogen and oxygen atoms in total. The van der Waals surface area contributed by atoms with Crippen LogP contribution < -0.4 is 4.74 Å². The van der Waals surface area contributed by atoms with Crippen LogP contribution in [0.4, 0.5) is 0 Å². The molecule has 0 amide bonds. The highest BCUT2D eigenvalue weighted by atomic mass is 32.2. The summed E-state index contributed by atoms with van der Waals surface area (Å²) in [5.41, 5.74) is 3.09. The minimum Gasteiger partial charge on any atom is -0.496 e. The Labute approximate surface area is 204 Å². The minimum absolute atomic E-state index is 0.000579. The molecule has 1 saturated heterocycles. The Kier molecular flexibility index (Phi) is 6.35. The van der Waals surface area contributed by atoms with E-state index in [4.69, 9.17) is 14.2 Å². The highest BCUT2D eigenvalue weighted by molar-refractivity contribution is 7.91. The Hall–Kier alpha value is -3.21. The Bertz CT molecular complexity index is 1360. The highest BCUT2D eigenvalue weighted by Crippen LogP contribution is 2.45. The van der Waals surface area contributed by atoms with Crippen molar-refractivity contribution in [3.8, 4) is 22.7 Å². The van der Waals surface area contributed by atoms with Gasteiger partial charge in [0.1, 0.15) is 5.75 Å². The summed E-state index contributed by atoms with van der Waals surface area (Å²) in [5, 5.41) is 4.56. The summed E-state index contributed by atoms with van der Waals surface area (Å²) in [6, 6.07) is 12.8. The van der Waals surface area contributed by atoms with Crippen LogP contribution in [0.3, 0.4) is 0 Å². The third-order valence-electron chi connectivity index (χ3n) is 6.26. The number of rotatable bonds is 6. The first-order valence-corrected chi connectivity index (χ1v) is 13.2. The molecule has 0 N–H and O–H groups in total. The first-order chi connectivity index (χ1) is 16.9. The quantitative estimate of drug-likeness (QED) is 0.480. The van der Waals surface area contributed by atoms with Crippen LogP contribution in [0, 0.1) is 0 Å². The zero-order chi connectivity index (χ0) is 24.6. The summed E-state index contributed by atoms with van der Waals surface area (Å²) in [5.74, 6) is -0.598. The molecule has 3 aromatic rings. The summed E-state index contributed by atoms with van der Waals surface area (Å²) in [6.45, 7) is 5.91. The van der Waals surface area contributed by atoms with Gasteiger partial charge in [0.05, 0.1) is 54.5 Å². The van der Waals surface area contributed by atoms with E-state index in [2.05, 4.69) is 10.00 Å². The molecule has 10 heteroatoms. The molecule has 0 atom stereocenters. The number of aromatic nitrogens is 2. The average Bonchev–Trinajstić information content (AvgIpc) is 3.23. The number of carbonyl (C=O) groups is 1. The van der Waals surface area contributed by atoms with Gasteiger partial charge >= 0.3 is 5.97 Å². The van der Waals surface area contributed by atoms with Crippen molar-refractivity contribution in [1.82, 2.24) is 14.7 Å². The number of fused-ring (bicyclic) bond motifs is 3. The maximum absolute atomic E-state index is 13.2. The van der Waals surface area contributed by atoms with Gasteiger partial charge in [0.15, 0.2) is 15.5 Å². The average molecular weight is 498 g/mol. The number of nitrogens with zero attached hydrogens (tertiary/aromatic N) is 3. The van der Waals surface area contributed by atoms with Crippen molar-refractivity contribution in [3.05, 3.63) is 59.3 Å². The van der Waals surface area contributed by atoms with Crippen molar-refractivity contribution in [2.75, 3.05) is 40.0 Å². The molecular weight excluding hydrogens is 470 g/mol. The number of carbonyl (C=O) groups excluding carboxylic acids is 1. The molecule has 3 heterocycles. The number of hydrogen-bond donors (Lipinski definition) is 0. The van der Waals surface area contributed by atoms with E-state index in [1.165, 1.54) is 7.11 Å². The normalized spacial score (nSPS) is 16.9. The molecule has 0 unspecified atom stereocenters. The lowest BCUT2D eigenvalue weighted by molar-refractivity contribution is 0.0342. The predicted molar refractivity (Wildman–Crippen MR) is 128 cm³/mol. The van der Waals surface area contributed by atoms with Crippen LogP contribution in [0.1, 0.15) is 28.5 Å². The second-order valence-corrected chi connectivity index (χ2v) is 10.4. The van der Waals surface area contributed by atoms with Crippen molar-refractivity contribution in [3.63, 3.8) is 0 Å². The van der Waals surface area contributed by atoms with Crippen LogP contribution in [-0.2, 0) is 31.6 Å². The Morgan fingerprint density at radius 3 is 2.54 bits per heavy atom. The number of esters is 1. The summed E-state index contributed by atoms with van der Waals surface area (Å²) in [7, 11) is -2.22. The van der Waals surface area contributed by atoms with Gasteiger partial charge in [-0.1, -0.05) is 18.2 Å². The predicted octanol–water partition coefficient (Wildman–Crippen LogP) is 2.84. The van der Waals surface area contributed by atoms with Crippen molar-refractivity contribution in [2.24, 2.45) is 0 Å². The number of morpholine rings is 1. The molecule has 1 aromatic heterocycles. The fraction of sp³-hybridized carbons (Fsp3) is 0.360. The van der Waals surface area contributed by atoms with E-state index in [-0.39, 0.29) is 22.9 Å². The van der Waals surface area contributed by atoms with Crippen LogP contribution >= 0.6 is 0 Å². The van der Waals surface area contributed by atoms with Gasteiger partial charge in [0.25, 0.3) is 0 Å². The molecule has 2 aliphatic rings.